The van der Waals surface area contributed by atoms with Gasteiger partial charge in [-0.25, -0.2) is 18.2 Å². The van der Waals surface area contributed by atoms with Gasteiger partial charge in [-0.15, -0.1) is 0 Å². The standard InChI is InChI=1S/C45H61F3N6O10S/c1-25-11-9-10-12-29-20-44(29,40(57)52-65(59,60)43(7)15-16-43)51-37(55)34-19-31(24-54(34)39(56)36(26(2)17-25)50-41(58)64-42(5,6)45(46,47)48)63-38-32-14-13-30(61-8)18-33(32)35(21-49-38)53-22-27(3)62-28(4)23-53/h10,12-14,18,21,25-29,31,34,36H,9,11,15-17,19-20,22-24H2,1-8H3,(H,50,58)(H,51,55)(H,52,57)/b12-10-/t25-,26-,27-,28+,29-,31-,34+,36+,44-/m1/s1. The summed E-state index contributed by atoms with van der Waals surface area (Å²) in [6, 6.07) is 2.63. The zero-order valence-electron chi connectivity index (χ0n) is 38.1. The number of fused-ring (bicyclic) bond motifs is 3. The molecule has 4 amide bonds. The lowest BCUT2D eigenvalue weighted by Gasteiger charge is -2.37. The van der Waals surface area contributed by atoms with Gasteiger partial charge in [0.25, 0.3) is 5.91 Å². The Labute approximate surface area is 377 Å². The van der Waals surface area contributed by atoms with Crippen molar-refractivity contribution in [3.8, 4) is 11.6 Å². The van der Waals surface area contributed by atoms with Gasteiger partial charge in [-0.3, -0.25) is 19.1 Å². The topological polar surface area (TPSA) is 195 Å². The van der Waals surface area contributed by atoms with Crippen molar-refractivity contribution in [2.45, 2.75) is 146 Å². The van der Waals surface area contributed by atoms with Crippen LogP contribution >= 0.6 is 0 Å². The number of alkyl carbamates (subject to hydrolysis) is 1. The summed E-state index contributed by atoms with van der Waals surface area (Å²) in [7, 11) is -2.54. The molecule has 9 atom stereocenters. The molecule has 3 N–H and O–H groups in total. The van der Waals surface area contributed by atoms with Gasteiger partial charge in [0.15, 0.2) is 0 Å². The summed E-state index contributed by atoms with van der Waals surface area (Å²) in [5.74, 6) is -2.95. The van der Waals surface area contributed by atoms with Crippen LogP contribution in [0.15, 0.2) is 36.5 Å². The molecule has 0 unspecified atom stereocenters. The molecular weight excluding hydrogens is 874 g/mol. The fraction of sp³-hybridized carbons (Fsp3) is 0.667. The summed E-state index contributed by atoms with van der Waals surface area (Å²) < 4.78 is 92.3. The van der Waals surface area contributed by atoms with E-state index < -0.39 is 85.9 Å². The average Bonchev–Trinajstić information content (AvgIpc) is 4.10. The van der Waals surface area contributed by atoms with E-state index in [-0.39, 0.29) is 43.4 Å². The van der Waals surface area contributed by atoms with Gasteiger partial charge in [0.05, 0.1) is 42.5 Å². The van der Waals surface area contributed by atoms with Crippen LogP contribution in [-0.2, 0) is 33.9 Å². The molecule has 358 valence electrons. The predicted octanol–water partition coefficient (Wildman–Crippen LogP) is 5.53. The van der Waals surface area contributed by atoms with Crippen LogP contribution in [0.25, 0.3) is 10.8 Å². The first kappa shape index (κ1) is 48.1. The molecule has 2 aromatic rings. The highest BCUT2D eigenvalue weighted by Crippen LogP contribution is 2.48. The normalized spacial score (nSPS) is 31.3. The minimum Gasteiger partial charge on any atom is -0.497 e. The van der Waals surface area contributed by atoms with E-state index in [1.807, 2.05) is 32.9 Å². The number of ether oxygens (including phenoxy) is 4. The van der Waals surface area contributed by atoms with Crippen molar-refractivity contribution in [3.05, 3.63) is 36.5 Å². The van der Waals surface area contributed by atoms with E-state index in [1.54, 1.807) is 45.4 Å². The molecule has 1 aromatic carbocycles. The maximum atomic E-state index is 15.0. The summed E-state index contributed by atoms with van der Waals surface area (Å²) >= 11 is 0. The van der Waals surface area contributed by atoms with E-state index in [4.69, 9.17) is 23.9 Å². The summed E-state index contributed by atoms with van der Waals surface area (Å²) in [6.07, 6.45) is 0.149. The minimum atomic E-state index is -4.92. The Balaban J connectivity index is 1.24. The number of methoxy groups -OCH3 is 1. The number of pyridine rings is 1. The van der Waals surface area contributed by atoms with Gasteiger partial charge in [-0.2, -0.15) is 13.2 Å². The molecule has 2 saturated carbocycles. The lowest BCUT2D eigenvalue weighted by atomic mass is 9.88. The number of hydrogen-bond donors (Lipinski definition) is 3. The molecule has 3 aliphatic heterocycles. The van der Waals surface area contributed by atoms with Crippen LogP contribution in [0.1, 0.15) is 93.4 Å². The number of amides is 4. The molecule has 65 heavy (non-hydrogen) atoms. The van der Waals surface area contributed by atoms with E-state index >= 15 is 0 Å². The highest BCUT2D eigenvalue weighted by Gasteiger charge is 2.63. The average molecular weight is 935 g/mol. The molecule has 2 aliphatic carbocycles. The van der Waals surface area contributed by atoms with Crippen LogP contribution in [0, 0.1) is 17.8 Å². The molecule has 7 rings (SSSR count). The van der Waals surface area contributed by atoms with Gasteiger partial charge in [-0.1, -0.05) is 26.0 Å². The number of benzene rings is 1. The maximum absolute atomic E-state index is 15.0. The number of carbonyl (C=O) groups is 4. The van der Waals surface area contributed by atoms with Crippen LogP contribution < -0.4 is 29.7 Å². The van der Waals surface area contributed by atoms with Crippen molar-refractivity contribution in [1.82, 2.24) is 25.2 Å². The monoisotopic (exact) mass is 934 g/mol. The second kappa shape index (κ2) is 17.8. The van der Waals surface area contributed by atoms with Crippen LogP contribution in [-0.4, -0.2) is 121 Å². The minimum absolute atomic E-state index is 0.0498. The molecule has 4 heterocycles. The molecule has 5 aliphatic rings. The Bertz CT molecular complexity index is 2320. The van der Waals surface area contributed by atoms with Crippen molar-refractivity contribution < 1.29 is 59.7 Å². The predicted molar refractivity (Wildman–Crippen MR) is 234 cm³/mol. The van der Waals surface area contributed by atoms with Crippen LogP contribution in [0.5, 0.6) is 11.6 Å². The maximum Gasteiger partial charge on any atom is 0.427 e. The SMILES string of the molecule is COc1ccc2c(O[C@@H]3C[C@H]4C(=O)N[C@]5(C(=O)NS(=O)(=O)C6(C)CC6)C[C@H]5/C=C\CC[C@@H](C)C[C@@H](C)[C@H](NC(=O)OC(C)(C)C(F)(F)F)C(=O)N4C3)ncc(N3C[C@@H](C)O[C@@H](C)C3)c2c1. The lowest BCUT2D eigenvalue weighted by molar-refractivity contribution is -0.244. The number of anilines is 1. The number of rotatable bonds is 9. The molecular formula is C45H61F3N6O10S. The number of nitrogens with one attached hydrogen (secondary N) is 3. The molecule has 0 radical (unpaired) electrons. The number of alkyl halides is 3. The summed E-state index contributed by atoms with van der Waals surface area (Å²) in [5.41, 5.74) is -3.75. The number of carbonyl (C=O) groups excluding carboxylic acids is 4. The third kappa shape index (κ3) is 9.98. The Morgan fingerprint density at radius 3 is 2.35 bits per heavy atom. The summed E-state index contributed by atoms with van der Waals surface area (Å²) in [6.45, 7) is 11.5. The third-order valence-electron chi connectivity index (χ3n) is 13.6. The number of halogens is 3. The Kier molecular flexibility index (Phi) is 13.1. The fourth-order valence-electron chi connectivity index (χ4n) is 9.23. The first-order valence-corrected chi connectivity index (χ1v) is 23.8. The van der Waals surface area contributed by atoms with Gasteiger partial charge >= 0.3 is 12.3 Å². The zero-order chi connectivity index (χ0) is 47.4. The molecule has 4 fully saturated rings. The van der Waals surface area contributed by atoms with Crippen molar-refractivity contribution in [2.75, 3.05) is 31.6 Å². The van der Waals surface area contributed by atoms with Gasteiger partial charge in [0.2, 0.25) is 33.3 Å². The van der Waals surface area contributed by atoms with Crippen molar-refractivity contribution in [2.24, 2.45) is 17.8 Å². The van der Waals surface area contributed by atoms with Crippen molar-refractivity contribution >= 4 is 50.3 Å². The molecule has 20 heteroatoms. The van der Waals surface area contributed by atoms with Gasteiger partial charge in [-0.05, 0) is 103 Å². The first-order chi connectivity index (χ1) is 30.4. The highest BCUT2D eigenvalue weighted by molar-refractivity contribution is 7.91. The van der Waals surface area contributed by atoms with Gasteiger partial charge in [0, 0.05) is 36.2 Å². The van der Waals surface area contributed by atoms with E-state index in [1.165, 1.54) is 4.90 Å². The van der Waals surface area contributed by atoms with E-state index in [0.717, 1.165) is 11.1 Å². The Morgan fingerprint density at radius 1 is 1.02 bits per heavy atom. The number of morpholine rings is 1. The third-order valence-corrected chi connectivity index (χ3v) is 15.8. The number of hydrogen-bond acceptors (Lipinski definition) is 12. The van der Waals surface area contributed by atoms with E-state index in [9.17, 15) is 40.8 Å². The molecule has 0 spiro atoms. The van der Waals surface area contributed by atoms with Crippen LogP contribution in [0.2, 0.25) is 0 Å². The first-order valence-electron chi connectivity index (χ1n) is 22.3. The summed E-state index contributed by atoms with van der Waals surface area (Å²) in [4.78, 5) is 65.1. The highest BCUT2D eigenvalue weighted by atomic mass is 32.2. The molecule has 16 nitrogen and oxygen atoms in total. The Morgan fingerprint density at radius 2 is 1.71 bits per heavy atom. The second-order valence-corrected chi connectivity index (χ2v) is 21.7. The lowest BCUT2D eigenvalue weighted by Crippen LogP contribution is -2.59. The van der Waals surface area contributed by atoms with E-state index in [0.29, 0.717) is 70.2 Å². The number of aromatic nitrogens is 1. The van der Waals surface area contributed by atoms with Crippen LogP contribution in [0.3, 0.4) is 0 Å². The molecule has 2 saturated heterocycles. The fourth-order valence-corrected chi connectivity index (χ4v) is 10.5. The number of nitrogens with zero attached hydrogens (tertiary/aromatic N) is 3. The smallest absolute Gasteiger partial charge is 0.427 e. The molecule has 1 aromatic heterocycles. The molecule has 0 bridgehead atoms. The Hall–Kier alpha value is -4.85. The van der Waals surface area contributed by atoms with Crippen LogP contribution in [0.4, 0.5) is 23.7 Å². The quantitative estimate of drug-likeness (QED) is 0.267. The second-order valence-electron chi connectivity index (χ2n) is 19.5. The zero-order valence-corrected chi connectivity index (χ0v) is 38.9. The van der Waals surface area contributed by atoms with Gasteiger partial charge < -0.3 is 39.4 Å². The van der Waals surface area contributed by atoms with Crippen molar-refractivity contribution in [1.29, 1.82) is 0 Å². The van der Waals surface area contributed by atoms with E-state index in [2.05, 4.69) is 20.3 Å². The van der Waals surface area contributed by atoms with Gasteiger partial charge in [0.1, 0.15) is 29.5 Å². The largest absolute Gasteiger partial charge is 0.497 e. The number of allylic oxidation sites excluding steroid dienone is 1. The summed E-state index contributed by atoms with van der Waals surface area (Å²) in [5, 5.41) is 6.61. The number of sulfonamides is 1. The van der Waals surface area contributed by atoms with Crippen molar-refractivity contribution in [3.63, 3.8) is 0 Å².